The molecule has 1 N–H and O–H groups in total. The topological polar surface area (TPSA) is 81.2 Å². The minimum absolute atomic E-state index is 0.100. The molecule has 3 aromatic rings. The summed E-state index contributed by atoms with van der Waals surface area (Å²) in [6, 6.07) is 8.85. The van der Waals surface area contributed by atoms with Crippen LogP contribution in [0.1, 0.15) is 24.5 Å². The normalized spacial score (nSPS) is 12.4. The molecule has 182 valence electrons. The quantitative estimate of drug-likeness (QED) is 0.413. The van der Waals surface area contributed by atoms with Crippen LogP contribution in [0.4, 0.5) is 32.0 Å². The standard InChI is InChI=1S/C21H17F6N3O3S/c1-2-8-33-19-7-6-18(28-29-19)13-4-3-5-16(9-13)30-34(31,32)17-11-14(20(22,23)24)10-15(12-17)21(25,26)27/h3-7,9-12,30H,2,8H2,1H3. The largest absolute Gasteiger partial charge is 0.477 e. The monoisotopic (exact) mass is 505 g/mol. The highest BCUT2D eigenvalue weighted by atomic mass is 32.2. The summed E-state index contributed by atoms with van der Waals surface area (Å²) < 4.78 is 111. The first-order valence-corrected chi connectivity index (χ1v) is 11.2. The highest BCUT2D eigenvalue weighted by molar-refractivity contribution is 7.92. The number of hydrogen-bond acceptors (Lipinski definition) is 5. The van der Waals surface area contributed by atoms with Gasteiger partial charge in [-0.3, -0.25) is 4.72 Å². The van der Waals surface area contributed by atoms with Gasteiger partial charge in [0.05, 0.1) is 28.3 Å². The van der Waals surface area contributed by atoms with E-state index in [1.165, 1.54) is 18.2 Å². The Morgan fingerprint density at radius 2 is 1.53 bits per heavy atom. The number of aromatic nitrogens is 2. The van der Waals surface area contributed by atoms with E-state index in [0.717, 1.165) is 6.42 Å². The van der Waals surface area contributed by atoms with Crippen LogP contribution in [-0.2, 0) is 22.4 Å². The molecule has 0 fully saturated rings. The lowest BCUT2D eigenvalue weighted by atomic mass is 10.1. The third-order valence-electron chi connectivity index (χ3n) is 4.38. The van der Waals surface area contributed by atoms with Crippen molar-refractivity contribution in [1.82, 2.24) is 10.2 Å². The van der Waals surface area contributed by atoms with E-state index < -0.39 is 38.4 Å². The molecule has 0 aliphatic carbocycles. The Balaban J connectivity index is 1.93. The van der Waals surface area contributed by atoms with Crippen LogP contribution in [0.3, 0.4) is 0 Å². The molecular formula is C21H17F6N3O3S. The molecule has 3 rings (SSSR count). The molecule has 0 aliphatic rings. The van der Waals surface area contributed by atoms with Gasteiger partial charge in [-0.15, -0.1) is 10.2 Å². The second-order valence-corrected chi connectivity index (χ2v) is 8.72. The average Bonchev–Trinajstić information content (AvgIpc) is 2.76. The molecule has 0 atom stereocenters. The van der Waals surface area contributed by atoms with Crippen LogP contribution in [0.5, 0.6) is 5.88 Å². The van der Waals surface area contributed by atoms with E-state index in [0.29, 0.717) is 17.9 Å². The molecule has 0 saturated heterocycles. The highest BCUT2D eigenvalue weighted by Crippen LogP contribution is 2.37. The van der Waals surface area contributed by atoms with Crippen molar-refractivity contribution in [2.24, 2.45) is 0 Å². The van der Waals surface area contributed by atoms with Crippen molar-refractivity contribution in [2.75, 3.05) is 11.3 Å². The number of rotatable bonds is 7. The van der Waals surface area contributed by atoms with E-state index >= 15 is 0 Å². The predicted octanol–water partition coefficient (Wildman–Crippen LogP) is 5.77. The van der Waals surface area contributed by atoms with E-state index in [2.05, 4.69) is 10.2 Å². The Morgan fingerprint density at radius 3 is 2.06 bits per heavy atom. The number of benzene rings is 2. The van der Waals surface area contributed by atoms with Gasteiger partial charge in [0.1, 0.15) is 0 Å². The van der Waals surface area contributed by atoms with Crippen LogP contribution in [0, 0.1) is 0 Å². The number of sulfonamides is 1. The summed E-state index contributed by atoms with van der Waals surface area (Å²) in [7, 11) is -4.80. The second-order valence-electron chi connectivity index (χ2n) is 7.03. The molecule has 1 heterocycles. The molecule has 0 amide bonds. The maximum absolute atomic E-state index is 13.1. The van der Waals surface area contributed by atoms with Gasteiger partial charge in [-0.1, -0.05) is 19.1 Å². The first-order valence-electron chi connectivity index (χ1n) is 9.69. The van der Waals surface area contributed by atoms with Crippen molar-refractivity contribution in [1.29, 1.82) is 0 Å². The number of hydrogen-bond donors (Lipinski definition) is 1. The maximum atomic E-state index is 13.1. The average molecular weight is 505 g/mol. The summed E-state index contributed by atoms with van der Waals surface area (Å²) in [4.78, 5) is -1.18. The lowest BCUT2D eigenvalue weighted by molar-refractivity contribution is -0.143. The molecule has 34 heavy (non-hydrogen) atoms. The van der Waals surface area contributed by atoms with E-state index in [1.807, 2.05) is 11.6 Å². The van der Waals surface area contributed by atoms with Crippen LogP contribution in [0.2, 0.25) is 0 Å². The predicted molar refractivity (Wildman–Crippen MR) is 111 cm³/mol. The van der Waals surface area contributed by atoms with E-state index in [1.54, 1.807) is 18.2 Å². The smallest absolute Gasteiger partial charge is 0.416 e. The number of nitrogens with zero attached hydrogens (tertiary/aromatic N) is 2. The number of ether oxygens (including phenoxy) is 1. The van der Waals surface area contributed by atoms with Crippen LogP contribution in [0.15, 0.2) is 59.5 Å². The maximum Gasteiger partial charge on any atom is 0.416 e. The van der Waals surface area contributed by atoms with Gasteiger partial charge < -0.3 is 4.74 Å². The van der Waals surface area contributed by atoms with E-state index in [4.69, 9.17) is 4.74 Å². The van der Waals surface area contributed by atoms with Crippen LogP contribution < -0.4 is 9.46 Å². The summed E-state index contributed by atoms with van der Waals surface area (Å²) in [6.45, 7) is 2.36. The second kappa shape index (κ2) is 9.49. The zero-order valence-corrected chi connectivity index (χ0v) is 18.2. The summed E-state index contributed by atoms with van der Waals surface area (Å²) >= 11 is 0. The van der Waals surface area contributed by atoms with Crippen molar-refractivity contribution in [3.05, 3.63) is 65.7 Å². The van der Waals surface area contributed by atoms with Crippen molar-refractivity contribution in [2.45, 2.75) is 30.6 Å². The summed E-state index contributed by atoms with van der Waals surface area (Å²) in [5.74, 6) is 0.285. The number of halogens is 6. The minimum atomic E-state index is -5.18. The van der Waals surface area contributed by atoms with Crippen LogP contribution >= 0.6 is 0 Å². The molecule has 13 heteroatoms. The Hall–Kier alpha value is -3.35. The molecule has 0 radical (unpaired) electrons. The van der Waals surface area contributed by atoms with Crippen molar-refractivity contribution >= 4 is 15.7 Å². The molecule has 0 bridgehead atoms. The van der Waals surface area contributed by atoms with Gasteiger partial charge in [0, 0.05) is 17.3 Å². The Bertz CT molecular complexity index is 1230. The minimum Gasteiger partial charge on any atom is -0.477 e. The number of alkyl halides is 6. The molecule has 0 spiro atoms. The first kappa shape index (κ1) is 25.3. The van der Waals surface area contributed by atoms with Crippen molar-refractivity contribution in [3.63, 3.8) is 0 Å². The fourth-order valence-corrected chi connectivity index (χ4v) is 3.91. The molecule has 0 saturated carbocycles. The molecule has 1 aromatic heterocycles. The third-order valence-corrected chi connectivity index (χ3v) is 5.74. The van der Waals surface area contributed by atoms with Crippen molar-refractivity contribution < 1.29 is 39.5 Å². The third kappa shape index (κ3) is 6.16. The highest BCUT2D eigenvalue weighted by Gasteiger charge is 2.38. The van der Waals surface area contributed by atoms with Gasteiger partial charge in [0.2, 0.25) is 5.88 Å². The van der Waals surface area contributed by atoms with Gasteiger partial charge in [-0.2, -0.15) is 26.3 Å². The zero-order valence-electron chi connectivity index (χ0n) is 17.4. The lowest BCUT2D eigenvalue weighted by Gasteiger charge is -2.15. The fourth-order valence-electron chi connectivity index (χ4n) is 2.80. The molecule has 6 nitrogen and oxygen atoms in total. The summed E-state index contributed by atoms with van der Waals surface area (Å²) in [6.07, 6.45) is -9.60. The Kier molecular flexibility index (Phi) is 7.05. The Labute approximate surface area is 190 Å². The molecule has 0 unspecified atom stereocenters. The Morgan fingerprint density at radius 1 is 0.882 bits per heavy atom. The lowest BCUT2D eigenvalue weighted by Crippen LogP contribution is -2.17. The van der Waals surface area contributed by atoms with Gasteiger partial charge >= 0.3 is 12.4 Å². The van der Waals surface area contributed by atoms with Gasteiger partial charge in [0.15, 0.2) is 0 Å². The summed E-state index contributed by atoms with van der Waals surface area (Å²) in [5, 5.41) is 7.86. The zero-order chi connectivity index (χ0) is 25.1. The summed E-state index contributed by atoms with van der Waals surface area (Å²) in [5.41, 5.74) is -2.84. The van der Waals surface area contributed by atoms with Gasteiger partial charge in [-0.25, -0.2) is 8.42 Å². The molecule has 2 aromatic carbocycles. The fraction of sp³-hybridized carbons (Fsp3) is 0.238. The SMILES string of the molecule is CCCOc1ccc(-c2cccc(NS(=O)(=O)c3cc(C(F)(F)F)cc(C(F)(F)F)c3)c2)nn1. The number of anilines is 1. The number of nitrogens with one attached hydrogen (secondary N) is 1. The van der Waals surface area contributed by atoms with Gasteiger partial charge in [-0.05, 0) is 42.8 Å². The van der Waals surface area contributed by atoms with Gasteiger partial charge in [0.25, 0.3) is 10.0 Å². The van der Waals surface area contributed by atoms with E-state index in [9.17, 15) is 34.8 Å². The van der Waals surface area contributed by atoms with Crippen LogP contribution in [-0.4, -0.2) is 25.2 Å². The van der Waals surface area contributed by atoms with E-state index in [-0.39, 0.29) is 29.8 Å². The molecular weight excluding hydrogens is 488 g/mol. The van der Waals surface area contributed by atoms with Crippen LogP contribution in [0.25, 0.3) is 11.3 Å². The molecule has 0 aliphatic heterocycles. The first-order chi connectivity index (χ1) is 15.8. The van der Waals surface area contributed by atoms with Crippen molar-refractivity contribution in [3.8, 4) is 17.1 Å².